The van der Waals surface area contributed by atoms with Crippen LogP contribution in [0.1, 0.15) is 67.7 Å². The number of carboxylic acids is 1. The van der Waals surface area contributed by atoms with Crippen LogP contribution in [0.5, 0.6) is 17.2 Å². The van der Waals surface area contributed by atoms with E-state index in [-0.39, 0.29) is 35.5 Å². The molecule has 12 heteroatoms. The maximum Gasteiger partial charge on any atom is 0.586 e. The molecule has 214 valence electrons. The quantitative estimate of drug-likeness (QED) is 0.434. The van der Waals surface area contributed by atoms with Crippen LogP contribution >= 0.6 is 0 Å². The highest BCUT2D eigenvalue weighted by molar-refractivity contribution is 5.92. The Kier molecular flexibility index (Phi) is 6.15. The number of halogens is 5. The van der Waals surface area contributed by atoms with Gasteiger partial charge in [0.1, 0.15) is 11.9 Å². The maximum absolute atomic E-state index is 13.7. The van der Waals surface area contributed by atoms with Crippen LogP contribution in [-0.4, -0.2) is 29.4 Å². The van der Waals surface area contributed by atoms with Crippen molar-refractivity contribution in [1.82, 2.24) is 5.32 Å². The Morgan fingerprint density at radius 1 is 0.950 bits per heavy atom. The zero-order chi connectivity index (χ0) is 28.4. The molecule has 1 amide bonds. The Balaban J connectivity index is 1.27. The molecule has 0 saturated heterocycles. The van der Waals surface area contributed by atoms with Gasteiger partial charge in [0.15, 0.2) is 11.5 Å². The standard InChI is InChI=1S/C28H26F5NO6/c29-27(30,31)17-4-6-18-19(13-21(38-22(18)12-17)14-2-1-3-15(10-14)24(35)36)34-25(37)26(8-9-26)16-5-7-20-23(11-16)40-28(32,33)39-20/h4-7,11-12,14-15,19,21H,1-3,8-10,13H2,(H,34,37)(H,35,36)/t14?,15?,19-,21-/m1/s1. The molecule has 40 heavy (non-hydrogen) atoms. The highest BCUT2D eigenvalue weighted by Gasteiger charge is 2.53. The Hall–Kier alpha value is -3.57. The van der Waals surface area contributed by atoms with Crippen LogP contribution in [0, 0.1) is 11.8 Å². The van der Waals surface area contributed by atoms with Crippen LogP contribution in [0.15, 0.2) is 36.4 Å². The summed E-state index contributed by atoms with van der Waals surface area (Å²) in [7, 11) is 0. The lowest BCUT2D eigenvalue weighted by Gasteiger charge is -2.39. The molecule has 0 spiro atoms. The molecule has 0 bridgehead atoms. The highest BCUT2D eigenvalue weighted by atomic mass is 19.4. The van der Waals surface area contributed by atoms with E-state index in [0.29, 0.717) is 49.7 Å². The summed E-state index contributed by atoms with van der Waals surface area (Å²) < 4.78 is 82.5. The molecule has 2 aromatic rings. The van der Waals surface area contributed by atoms with Gasteiger partial charge in [-0.15, -0.1) is 8.78 Å². The van der Waals surface area contributed by atoms with Crippen molar-refractivity contribution in [3.8, 4) is 17.2 Å². The predicted octanol–water partition coefficient (Wildman–Crippen LogP) is 5.96. The zero-order valence-corrected chi connectivity index (χ0v) is 21.1. The van der Waals surface area contributed by atoms with Crippen molar-refractivity contribution in [2.24, 2.45) is 11.8 Å². The SMILES string of the molecule is O=C(O)C1CCCC([C@H]2C[C@@H](NC(=O)C3(c4ccc5c(c4)OC(F)(F)O5)CC3)c3ccc(C(F)(F)F)cc3O2)C1. The van der Waals surface area contributed by atoms with E-state index in [9.17, 15) is 36.6 Å². The third kappa shape index (κ3) is 4.81. The number of carboxylic acid groups (broad SMARTS) is 1. The number of carbonyl (C=O) groups is 2. The van der Waals surface area contributed by atoms with Gasteiger partial charge in [-0.3, -0.25) is 9.59 Å². The minimum atomic E-state index is -4.60. The first kappa shape index (κ1) is 26.6. The fraction of sp³-hybridized carbons (Fsp3) is 0.500. The maximum atomic E-state index is 13.7. The van der Waals surface area contributed by atoms with E-state index in [2.05, 4.69) is 14.8 Å². The van der Waals surface area contributed by atoms with E-state index in [1.165, 1.54) is 24.3 Å². The van der Waals surface area contributed by atoms with Crippen LogP contribution in [0.2, 0.25) is 0 Å². The van der Waals surface area contributed by atoms with Crippen LogP contribution < -0.4 is 19.5 Å². The van der Waals surface area contributed by atoms with Gasteiger partial charge in [-0.25, -0.2) is 0 Å². The number of aliphatic carboxylic acids is 1. The van der Waals surface area contributed by atoms with Gasteiger partial charge in [-0.2, -0.15) is 13.2 Å². The molecule has 2 N–H and O–H groups in total. The second kappa shape index (κ2) is 9.24. The van der Waals surface area contributed by atoms with E-state index in [4.69, 9.17) is 4.74 Å². The topological polar surface area (TPSA) is 94.1 Å². The number of hydrogen-bond donors (Lipinski definition) is 2. The number of carbonyl (C=O) groups excluding carboxylic acids is 1. The van der Waals surface area contributed by atoms with E-state index in [0.717, 1.165) is 12.1 Å². The second-order valence-electron chi connectivity index (χ2n) is 11.0. The largest absolute Gasteiger partial charge is 0.586 e. The Morgan fingerprint density at radius 2 is 1.70 bits per heavy atom. The summed E-state index contributed by atoms with van der Waals surface area (Å²) in [5.74, 6) is -2.39. The molecule has 2 unspecified atom stereocenters. The molecule has 2 heterocycles. The van der Waals surface area contributed by atoms with Crippen LogP contribution in [0.4, 0.5) is 22.0 Å². The molecule has 2 aliphatic heterocycles. The van der Waals surface area contributed by atoms with Gasteiger partial charge in [-0.05, 0) is 67.9 Å². The molecule has 2 saturated carbocycles. The van der Waals surface area contributed by atoms with Gasteiger partial charge in [0.05, 0.1) is 22.9 Å². The minimum absolute atomic E-state index is 0.00369. The molecule has 4 atom stereocenters. The Bertz CT molecular complexity index is 1360. The van der Waals surface area contributed by atoms with Crippen LogP contribution in [0.25, 0.3) is 0 Å². The van der Waals surface area contributed by atoms with Crippen molar-refractivity contribution >= 4 is 11.9 Å². The Morgan fingerprint density at radius 3 is 2.40 bits per heavy atom. The molecule has 6 rings (SSSR count). The first-order valence-electron chi connectivity index (χ1n) is 13.2. The predicted molar refractivity (Wildman–Crippen MR) is 128 cm³/mol. The van der Waals surface area contributed by atoms with Crippen molar-refractivity contribution in [1.29, 1.82) is 0 Å². The van der Waals surface area contributed by atoms with Gasteiger partial charge in [-0.1, -0.05) is 18.6 Å². The molecular weight excluding hydrogens is 541 g/mol. The summed E-state index contributed by atoms with van der Waals surface area (Å²) in [6.07, 6.45) is -5.66. The zero-order valence-electron chi connectivity index (χ0n) is 21.1. The monoisotopic (exact) mass is 567 g/mol. The number of amides is 1. The number of hydrogen-bond acceptors (Lipinski definition) is 5. The third-order valence-electron chi connectivity index (χ3n) is 8.50. The molecule has 7 nitrogen and oxygen atoms in total. The van der Waals surface area contributed by atoms with E-state index >= 15 is 0 Å². The van der Waals surface area contributed by atoms with Gasteiger partial charge >= 0.3 is 18.4 Å². The van der Waals surface area contributed by atoms with Gasteiger partial charge in [0.2, 0.25) is 5.91 Å². The lowest BCUT2D eigenvalue weighted by Crippen LogP contribution is -2.44. The fourth-order valence-corrected chi connectivity index (χ4v) is 6.20. The lowest BCUT2D eigenvalue weighted by atomic mass is 9.76. The van der Waals surface area contributed by atoms with Crippen molar-refractivity contribution < 1.29 is 50.9 Å². The summed E-state index contributed by atoms with van der Waals surface area (Å²) in [6.45, 7) is 0. The Labute approximate surface area is 225 Å². The summed E-state index contributed by atoms with van der Waals surface area (Å²) in [5, 5.41) is 12.5. The average molecular weight is 568 g/mol. The third-order valence-corrected chi connectivity index (χ3v) is 8.50. The molecule has 4 aliphatic rings. The highest BCUT2D eigenvalue weighted by Crippen LogP contribution is 2.53. The van der Waals surface area contributed by atoms with Crippen molar-refractivity contribution in [2.45, 2.75) is 75.0 Å². The van der Waals surface area contributed by atoms with Gasteiger partial charge < -0.3 is 24.6 Å². The summed E-state index contributed by atoms with van der Waals surface area (Å²) >= 11 is 0. The van der Waals surface area contributed by atoms with E-state index < -0.39 is 47.5 Å². The lowest BCUT2D eigenvalue weighted by molar-refractivity contribution is -0.286. The normalized spacial score (nSPS) is 27.7. The number of benzene rings is 2. The van der Waals surface area contributed by atoms with Crippen LogP contribution in [-0.2, 0) is 21.2 Å². The number of rotatable bonds is 5. The minimum Gasteiger partial charge on any atom is -0.490 e. The van der Waals surface area contributed by atoms with Gasteiger partial charge in [0.25, 0.3) is 0 Å². The summed E-state index contributed by atoms with van der Waals surface area (Å²) in [6, 6.07) is 6.66. The molecule has 2 aromatic carbocycles. The van der Waals surface area contributed by atoms with E-state index in [1.807, 2.05) is 0 Å². The molecule has 0 radical (unpaired) electrons. The second-order valence-corrected chi connectivity index (χ2v) is 11.0. The smallest absolute Gasteiger partial charge is 0.490 e. The molecule has 2 fully saturated rings. The molecule has 2 aliphatic carbocycles. The first-order valence-corrected chi connectivity index (χ1v) is 13.2. The average Bonchev–Trinajstić information content (AvgIpc) is 3.64. The van der Waals surface area contributed by atoms with Crippen molar-refractivity contribution in [2.75, 3.05) is 0 Å². The van der Waals surface area contributed by atoms with Crippen LogP contribution in [0.3, 0.4) is 0 Å². The number of ether oxygens (including phenoxy) is 3. The van der Waals surface area contributed by atoms with E-state index in [1.54, 1.807) is 0 Å². The fourth-order valence-electron chi connectivity index (χ4n) is 6.20. The summed E-state index contributed by atoms with van der Waals surface area (Å²) in [4.78, 5) is 25.3. The number of nitrogens with one attached hydrogen (secondary N) is 1. The molecular formula is C28H26F5NO6. The van der Waals surface area contributed by atoms with Crippen molar-refractivity contribution in [3.63, 3.8) is 0 Å². The number of alkyl halides is 5. The number of fused-ring (bicyclic) bond motifs is 2. The molecule has 0 aromatic heterocycles. The van der Waals surface area contributed by atoms with Gasteiger partial charge in [0, 0.05) is 12.0 Å². The summed E-state index contributed by atoms with van der Waals surface area (Å²) in [5.41, 5.74) is -1.03. The van der Waals surface area contributed by atoms with Crippen molar-refractivity contribution in [3.05, 3.63) is 53.1 Å². The first-order chi connectivity index (χ1) is 18.8.